The minimum absolute atomic E-state index is 0.140. The van der Waals surface area contributed by atoms with E-state index in [2.05, 4.69) is 15.2 Å². The van der Waals surface area contributed by atoms with Crippen molar-refractivity contribution >= 4 is 25.6 Å². The number of aliphatic hydroxyl groups is 5. The molecule has 0 aliphatic carbocycles. The number of rotatable bonds is 16. The van der Waals surface area contributed by atoms with E-state index in [1.807, 2.05) is 0 Å². The maximum atomic E-state index is 12.7. The Kier molecular flexibility index (Phi) is 15.7. The third kappa shape index (κ3) is 12.4. The summed E-state index contributed by atoms with van der Waals surface area (Å²) >= 11 is 0. The fraction of sp³-hybridized carbons (Fsp3) is 0.880. The molecule has 12 atom stereocenters. The summed E-state index contributed by atoms with van der Waals surface area (Å²) in [5.74, 6) is -2.09. The molecule has 2 aliphatic rings. The predicted molar refractivity (Wildman–Crippen MR) is 148 cm³/mol. The summed E-state index contributed by atoms with van der Waals surface area (Å²) in [6.07, 6.45) is -15.0. The Balaban J connectivity index is 2.25. The van der Waals surface area contributed by atoms with Gasteiger partial charge in [-0.3, -0.25) is 18.9 Å². The van der Waals surface area contributed by atoms with Crippen LogP contribution in [0.1, 0.15) is 47.0 Å². The molecule has 0 bridgehead atoms. The van der Waals surface area contributed by atoms with Gasteiger partial charge in [0.2, 0.25) is 11.8 Å². The summed E-state index contributed by atoms with van der Waals surface area (Å²) in [5, 5.41) is 56.8. The lowest BCUT2D eigenvalue weighted by atomic mass is 9.95. The van der Waals surface area contributed by atoms with Crippen LogP contribution in [0.25, 0.3) is 0 Å². The molecule has 0 spiro atoms. The highest BCUT2D eigenvalue weighted by molar-refractivity contribution is 7.46. The van der Waals surface area contributed by atoms with Crippen molar-refractivity contribution < 1.29 is 82.5 Å². The Bertz CT molecular complexity index is 1010. The number of nitrogens with one attached hydrogen (secondary N) is 2. The molecule has 0 aromatic rings. The van der Waals surface area contributed by atoms with Crippen LogP contribution >= 0.6 is 7.82 Å². The molecule has 9 N–H and O–H groups in total. The van der Waals surface area contributed by atoms with Gasteiger partial charge in [-0.25, -0.2) is 4.57 Å². The first kappa shape index (κ1) is 39.3. The molecular formula is C25H45N2O17P. The monoisotopic (exact) mass is 676 g/mol. The van der Waals surface area contributed by atoms with Gasteiger partial charge in [0.15, 0.2) is 12.6 Å². The molecule has 0 aromatic carbocycles. The van der Waals surface area contributed by atoms with Crippen molar-refractivity contribution in [2.24, 2.45) is 0 Å². The zero-order valence-electron chi connectivity index (χ0n) is 25.3. The van der Waals surface area contributed by atoms with Gasteiger partial charge in [-0.05, 0) is 20.3 Å². The molecule has 19 nitrogen and oxygen atoms in total. The molecule has 2 saturated heterocycles. The molecule has 2 aliphatic heterocycles. The van der Waals surface area contributed by atoms with Crippen molar-refractivity contribution in [1.82, 2.24) is 10.6 Å². The molecule has 2 amide bonds. The first-order valence-corrected chi connectivity index (χ1v) is 15.9. The summed E-state index contributed by atoms with van der Waals surface area (Å²) < 4.78 is 43.8. The highest BCUT2D eigenvalue weighted by atomic mass is 31.2. The summed E-state index contributed by atoms with van der Waals surface area (Å²) in [7, 11) is -5.23. The van der Waals surface area contributed by atoms with Crippen LogP contribution in [-0.2, 0) is 47.2 Å². The first-order valence-electron chi connectivity index (χ1n) is 14.3. The highest BCUT2D eigenvalue weighted by Gasteiger charge is 2.51. The van der Waals surface area contributed by atoms with Crippen molar-refractivity contribution in [2.45, 2.75) is 120 Å². The molecule has 0 radical (unpaired) electrons. The Morgan fingerprint density at radius 2 is 1.44 bits per heavy atom. The van der Waals surface area contributed by atoms with E-state index in [1.165, 1.54) is 13.8 Å². The van der Waals surface area contributed by atoms with Crippen LogP contribution in [0, 0.1) is 0 Å². The summed E-state index contributed by atoms with van der Waals surface area (Å²) in [6.45, 7) is 4.39. The third-order valence-corrected chi connectivity index (χ3v) is 7.22. The summed E-state index contributed by atoms with van der Waals surface area (Å²) in [6, 6.07) is -2.83. The third-order valence-electron chi connectivity index (χ3n) is 6.70. The van der Waals surface area contributed by atoms with Crippen molar-refractivity contribution in [3.8, 4) is 0 Å². The van der Waals surface area contributed by atoms with Crippen LogP contribution < -0.4 is 10.6 Å². The number of carbonyl (C=O) groups excluding carboxylic acids is 3. The Labute approximate surface area is 259 Å². The number of hydrogen-bond acceptors (Lipinski definition) is 15. The lowest BCUT2D eigenvalue weighted by Gasteiger charge is -2.45. The number of phosphoric ester groups is 1. The molecule has 262 valence electrons. The lowest BCUT2D eigenvalue weighted by molar-refractivity contribution is -0.302. The maximum Gasteiger partial charge on any atom is 0.470 e. The van der Waals surface area contributed by atoms with Gasteiger partial charge in [-0.1, -0.05) is 6.92 Å². The van der Waals surface area contributed by atoms with E-state index in [9.17, 15) is 54.3 Å². The predicted octanol–water partition coefficient (Wildman–Crippen LogP) is -3.49. The van der Waals surface area contributed by atoms with Crippen LogP contribution in [-0.4, -0.2) is 146 Å². The minimum Gasteiger partial charge on any atom is -0.462 e. The van der Waals surface area contributed by atoms with Gasteiger partial charge in [0.25, 0.3) is 0 Å². The molecule has 20 heteroatoms. The fourth-order valence-electron chi connectivity index (χ4n) is 4.78. The largest absolute Gasteiger partial charge is 0.470 e. The maximum absolute atomic E-state index is 12.7. The molecular weight excluding hydrogens is 631 g/mol. The molecule has 2 fully saturated rings. The Morgan fingerprint density at radius 3 is 1.98 bits per heavy atom. The van der Waals surface area contributed by atoms with Crippen LogP contribution in [0.3, 0.4) is 0 Å². The molecule has 10 unspecified atom stereocenters. The van der Waals surface area contributed by atoms with Crippen molar-refractivity contribution in [3.63, 3.8) is 0 Å². The Morgan fingerprint density at radius 1 is 0.889 bits per heavy atom. The average molecular weight is 677 g/mol. The van der Waals surface area contributed by atoms with E-state index in [1.54, 1.807) is 6.92 Å². The average Bonchev–Trinajstić information content (AvgIpc) is 2.91. The number of esters is 1. The zero-order valence-corrected chi connectivity index (χ0v) is 26.2. The molecule has 0 saturated carbocycles. The van der Waals surface area contributed by atoms with Crippen LogP contribution in [0.15, 0.2) is 0 Å². The normalized spacial score (nSPS) is 33.6. The standard InChI is InChI=1S/C25H45N2O17P/c1-5-6-39-24-18(26-16(31)7-11(2)29)21(34)20(33)15(43-24)10-40-25-19(27-17(32)8-12(3)41-13(4)30)22(35)23(14(9-28)42-25)44-45(36,37)38/h11-12,14-15,18-25,28-29,33-35H,5-10H2,1-4H3,(H,26,31)(H,27,32)(H2,36,37,38)/t11-,12-,14?,15?,18?,19?,20?,21?,22?,23?,24?,25?/m1/s1. The highest BCUT2D eigenvalue weighted by Crippen LogP contribution is 2.41. The van der Waals surface area contributed by atoms with E-state index < -0.39 is 119 Å². The minimum atomic E-state index is -5.23. The quantitative estimate of drug-likeness (QED) is 0.0566. The summed E-state index contributed by atoms with van der Waals surface area (Å²) in [4.78, 5) is 54.9. The van der Waals surface area contributed by atoms with Crippen molar-refractivity contribution in [1.29, 1.82) is 0 Å². The van der Waals surface area contributed by atoms with E-state index in [0.29, 0.717) is 6.42 Å². The van der Waals surface area contributed by atoms with Gasteiger partial charge >= 0.3 is 13.8 Å². The number of ether oxygens (including phenoxy) is 5. The van der Waals surface area contributed by atoms with E-state index in [0.717, 1.165) is 6.92 Å². The molecule has 2 heterocycles. The van der Waals surface area contributed by atoms with Crippen molar-refractivity contribution in [3.05, 3.63) is 0 Å². The van der Waals surface area contributed by atoms with Crippen molar-refractivity contribution in [2.75, 3.05) is 19.8 Å². The fourth-order valence-corrected chi connectivity index (χ4v) is 5.36. The molecule has 0 aromatic heterocycles. The number of phosphoric acid groups is 1. The number of amides is 2. The SMILES string of the molecule is CCCOC1OC(COC2OC(CO)C(OP(=O)(O)O)C(O)C2NC(=O)C[C@@H](C)OC(C)=O)C(O)C(O)C1NC(=O)C[C@@H](C)O. The van der Waals surface area contributed by atoms with Gasteiger partial charge in [-0.15, -0.1) is 0 Å². The second-order valence-corrected chi connectivity index (χ2v) is 12.1. The van der Waals surface area contributed by atoms with Crippen LogP contribution in [0.2, 0.25) is 0 Å². The molecule has 2 rings (SSSR count). The summed E-state index contributed by atoms with van der Waals surface area (Å²) in [5.41, 5.74) is 0. The first-order chi connectivity index (χ1) is 21.0. The van der Waals surface area contributed by atoms with Gasteiger partial charge in [0.1, 0.15) is 54.8 Å². The topological polar surface area (TPSA) is 289 Å². The molecule has 45 heavy (non-hydrogen) atoms. The van der Waals surface area contributed by atoms with Gasteiger partial charge in [0, 0.05) is 13.5 Å². The zero-order chi connectivity index (χ0) is 34.1. The number of hydrogen-bond donors (Lipinski definition) is 9. The second kappa shape index (κ2) is 17.9. The number of aliphatic hydroxyl groups excluding tert-OH is 5. The van der Waals surface area contributed by atoms with Crippen LogP contribution in [0.4, 0.5) is 0 Å². The van der Waals surface area contributed by atoms with E-state index >= 15 is 0 Å². The lowest BCUT2D eigenvalue weighted by Crippen LogP contribution is -2.67. The number of carbonyl (C=O) groups is 3. The smallest absolute Gasteiger partial charge is 0.462 e. The van der Waals surface area contributed by atoms with Crippen LogP contribution in [0.5, 0.6) is 0 Å². The van der Waals surface area contributed by atoms with Gasteiger partial charge in [-0.2, -0.15) is 0 Å². The second-order valence-electron chi connectivity index (χ2n) is 10.9. The van der Waals surface area contributed by atoms with Gasteiger partial charge < -0.3 is 69.6 Å². The van der Waals surface area contributed by atoms with E-state index in [4.69, 9.17) is 23.7 Å². The Hall–Kier alpha value is -1.84. The van der Waals surface area contributed by atoms with Gasteiger partial charge in [0.05, 0.1) is 32.2 Å². The van der Waals surface area contributed by atoms with E-state index in [-0.39, 0.29) is 13.0 Å².